The van der Waals surface area contributed by atoms with Gasteiger partial charge in [0.05, 0.1) is 14.2 Å². The third-order valence-electron chi connectivity index (χ3n) is 3.53. The number of imide groups is 1. The molecule has 1 saturated heterocycles. The molecule has 0 aliphatic carbocycles. The highest BCUT2D eigenvalue weighted by Crippen LogP contribution is 2.27. The van der Waals surface area contributed by atoms with E-state index in [1.165, 1.54) is 26.4 Å². The molecule has 0 unspecified atom stereocenters. The average molecular weight is 333 g/mol. The number of ether oxygens (including phenoxy) is 3. The van der Waals surface area contributed by atoms with Crippen molar-refractivity contribution >= 4 is 23.9 Å². The topological polar surface area (TPSA) is 82.1 Å². The van der Waals surface area contributed by atoms with Crippen LogP contribution in [0.15, 0.2) is 24.3 Å². The van der Waals surface area contributed by atoms with E-state index in [-0.39, 0.29) is 5.91 Å². The number of nitrogens with zero attached hydrogens (tertiary/aromatic N) is 1. The number of methoxy groups -OCH3 is 2. The molecule has 24 heavy (non-hydrogen) atoms. The van der Waals surface area contributed by atoms with Crippen LogP contribution in [0.3, 0.4) is 0 Å². The van der Waals surface area contributed by atoms with Crippen LogP contribution in [0.25, 0.3) is 6.08 Å². The molecule has 2 amide bonds. The van der Waals surface area contributed by atoms with E-state index in [4.69, 9.17) is 14.2 Å². The lowest BCUT2D eigenvalue weighted by Gasteiger charge is -2.12. The first-order valence-electron chi connectivity index (χ1n) is 7.45. The molecular weight excluding hydrogens is 314 g/mol. The number of hydrogen-bond acceptors (Lipinski definition) is 6. The van der Waals surface area contributed by atoms with Crippen molar-refractivity contribution in [2.45, 2.75) is 12.8 Å². The molecule has 7 heteroatoms. The Balaban J connectivity index is 1.88. The minimum atomic E-state index is -0.662. The van der Waals surface area contributed by atoms with Crippen LogP contribution in [0.4, 0.5) is 0 Å². The Labute approximate surface area is 139 Å². The summed E-state index contributed by atoms with van der Waals surface area (Å²) < 4.78 is 15.2. The van der Waals surface area contributed by atoms with Gasteiger partial charge in [-0.15, -0.1) is 0 Å². The van der Waals surface area contributed by atoms with Gasteiger partial charge >= 0.3 is 5.97 Å². The number of rotatable bonds is 6. The predicted molar refractivity (Wildman–Crippen MR) is 85.5 cm³/mol. The Bertz CT molecular complexity index is 667. The molecule has 1 aromatic carbocycles. The van der Waals surface area contributed by atoms with E-state index in [9.17, 15) is 14.4 Å². The number of likely N-dealkylation sites (tertiary alicyclic amines) is 1. The number of carbonyl (C=O) groups is 3. The molecule has 1 aromatic rings. The first-order chi connectivity index (χ1) is 11.5. The van der Waals surface area contributed by atoms with Crippen LogP contribution in [-0.4, -0.2) is 50.1 Å². The zero-order chi connectivity index (χ0) is 17.5. The van der Waals surface area contributed by atoms with Gasteiger partial charge in [0.1, 0.15) is 0 Å². The third-order valence-corrected chi connectivity index (χ3v) is 3.53. The summed E-state index contributed by atoms with van der Waals surface area (Å²) in [4.78, 5) is 36.0. The zero-order valence-electron chi connectivity index (χ0n) is 13.6. The Kier molecular flexibility index (Phi) is 5.95. The van der Waals surface area contributed by atoms with Gasteiger partial charge in [-0.2, -0.15) is 0 Å². The molecule has 0 saturated carbocycles. The number of esters is 1. The van der Waals surface area contributed by atoms with Gasteiger partial charge in [0.15, 0.2) is 18.1 Å². The predicted octanol–water partition coefficient (Wildman–Crippen LogP) is 1.41. The monoisotopic (exact) mass is 333 g/mol. The third kappa shape index (κ3) is 4.34. The largest absolute Gasteiger partial charge is 0.493 e. The Morgan fingerprint density at radius 1 is 1.21 bits per heavy atom. The van der Waals surface area contributed by atoms with Crippen molar-refractivity contribution < 1.29 is 28.6 Å². The van der Waals surface area contributed by atoms with Crippen LogP contribution in [0.1, 0.15) is 18.4 Å². The number of carbonyl (C=O) groups excluding carboxylic acids is 3. The SMILES string of the molecule is COc1ccc(/C=C/C(=O)OCC(=O)N2CCCC2=O)cc1OC. The summed E-state index contributed by atoms with van der Waals surface area (Å²) >= 11 is 0. The van der Waals surface area contributed by atoms with Gasteiger partial charge in [-0.1, -0.05) is 6.07 Å². The number of benzene rings is 1. The summed E-state index contributed by atoms with van der Waals surface area (Å²) in [5.41, 5.74) is 0.714. The van der Waals surface area contributed by atoms with Crippen LogP contribution in [0.5, 0.6) is 11.5 Å². The quantitative estimate of drug-likeness (QED) is 0.578. The molecule has 0 atom stereocenters. The van der Waals surface area contributed by atoms with Crippen molar-refractivity contribution in [3.05, 3.63) is 29.8 Å². The Morgan fingerprint density at radius 3 is 2.58 bits per heavy atom. The van der Waals surface area contributed by atoms with Gasteiger partial charge in [0, 0.05) is 19.0 Å². The van der Waals surface area contributed by atoms with Gasteiger partial charge in [-0.05, 0) is 30.2 Å². The summed E-state index contributed by atoms with van der Waals surface area (Å²) in [6.45, 7) is -0.0580. The average Bonchev–Trinajstić information content (AvgIpc) is 3.03. The van der Waals surface area contributed by atoms with Gasteiger partial charge in [0.25, 0.3) is 5.91 Å². The molecule has 0 N–H and O–H groups in total. The van der Waals surface area contributed by atoms with Crippen molar-refractivity contribution in [3.8, 4) is 11.5 Å². The molecule has 0 bridgehead atoms. The van der Waals surface area contributed by atoms with Crippen molar-refractivity contribution in [1.29, 1.82) is 0 Å². The molecule has 0 radical (unpaired) electrons. The molecular formula is C17H19NO6. The summed E-state index contributed by atoms with van der Waals surface area (Å²) in [5.74, 6) is -0.263. The minimum Gasteiger partial charge on any atom is -0.493 e. The highest BCUT2D eigenvalue weighted by atomic mass is 16.5. The Morgan fingerprint density at radius 2 is 1.96 bits per heavy atom. The molecule has 0 aromatic heterocycles. The van der Waals surface area contributed by atoms with Crippen LogP contribution in [0, 0.1) is 0 Å². The van der Waals surface area contributed by atoms with E-state index in [1.807, 2.05) is 0 Å². The fraction of sp³-hybridized carbons (Fsp3) is 0.353. The first-order valence-corrected chi connectivity index (χ1v) is 7.45. The Hall–Kier alpha value is -2.83. The normalized spacial score (nSPS) is 14.1. The second-order valence-corrected chi connectivity index (χ2v) is 5.10. The molecule has 7 nitrogen and oxygen atoms in total. The van der Waals surface area contributed by atoms with Crippen LogP contribution >= 0.6 is 0 Å². The molecule has 128 valence electrons. The summed E-state index contributed by atoms with van der Waals surface area (Å²) in [6.07, 6.45) is 3.76. The molecule has 1 aliphatic rings. The maximum Gasteiger partial charge on any atom is 0.331 e. The van der Waals surface area contributed by atoms with Crippen molar-refractivity contribution in [2.75, 3.05) is 27.4 Å². The van der Waals surface area contributed by atoms with E-state index in [1.54, 1.807) is 18.2 Å². The highest BCUT2D eigenvalue weighted by Gasteiger charge is 2.26. The van der Waals surface area contributed by atoms with Gasteiger partial charge in [0.2, 0.25) is 5.91 Å². The lowest BCUT2D eigenvalue weighted by atomic mass is 10.2. The maximum absolute atomic E-state index is 11.8. The lowest BCUT2D eigenvalue weighted by Crippen LogP contribution is -2.35. The van der Waals surface area contributed by atoms with E-state index >= 15 is 0 Å². The summed E-state index contributed by atoms with van der Waals surface area (Å²) in [7, 11) is 3.05. The second-order valence-electron chi connectivity index (χ2n) is 5.10. The number of amides is 2. The summed E-state index contributed by atoms with van der Waals surface area (Å²) in [6, 6.07) is 5.17. The smallest absolute Gasteiger partial charge is 0.331 e. The maximum atomic E-state index is 11.8. The van der Waals surface area contributed by atoms with E-state index in [0.29, 0.717) is 36.4 Å². The number of hydrogen-bond donors (Lipinski definition) is 0. The van der Waals surface area contributed by atoms with Crippen molar-refractivity contribution in [2.24, 2.45) is 0 Å². The fourth-order valence-corrected chi connectivity index (χ4v) is 2.29. The zero-order valence-corrected chi connectivity index (χ0v) is 13.6. The standard InChI is InChI=1S/C17H19NO6/c1-22-13-7-5-12(10-14(13)23-2)6-8-17(21)24-11-16(20)18-9-3-4-15(18)19/h5-8,10H,3-4,9,11H2,1-2H3/b8-6+. The summed E-state index contributed by atoms with van der Waals surface area (Å²) in [5, 5.41) is 0. The van der Waals surface area contributed by atoms with Crippen LogP contribution in [-0.2, 0) is 19.1 Å². The van der Waals surface area contributed by atoms with E-state index in [0.717, 1.165) is 4.90 Å². The molecule has 1 fully saturated rings. The van der Waals surface area contributed by atoms with E-state index < -0.39 is 18.5 Å². The van der Waals surface area contributed by atoms with Gasteiger partial charge < -0.3 is 14.2 Å². The van der Waals surface area contributed by atoms with Gasteiger partial charge in [-0.3, -0.25) is 14.5 Å². The minimum absolute atomic E-state index is 0.225. The van der Waals surface area contributed by atoms with Crippen molar-refractivity contribution in [1.82, 2.24) is 4.90 Å². The van der Waals surface area contributed by atoms with Crippen molar-refractivity contribution in [3.63, 3.8) is 0 Å². The van der Waals surface area contributed by atoms with E-state index in [2.05, 4.69) is 0 Å². The second kappa shape index (κ2) is 8.14. The molecule has 1 aliphatic heterocycles. The molecule has 1 heterocycles. The lowest BCUT2D eigenvalue weighted by molar-refractivity contribution is -0.151. The fourth-order valence-electron chi connectivity index (χ4n) is 2.29. The highest BCUT2D eigenvalue weighted by molar-refractivity contribution is 5.98. The van der Waals surface area contributed by atoms with Crippen LogP contribution < -0.4 is 9.47 Å². The van der Waals surface area contributed by atoms with Crippen LogP contribution in [0.2, 0.25) is 0 Å². The molecule has 2 rings (SSSR count). The van der Waals surface area contributed by atoms with Gasteiger partial charge in [-0.25, -0.2) is 4.79 Å². The first kappa shape index (κ1) is 17.5. The molecule has 0 spiro atoms.